The standard InChI is InChI=1S/C23H26FN3O3/c1-14(24)29-20-8-7-16(11-21(20)30-17-5-3-4-6-17)23(13-25)10-9-19-18(12-23)22(28)27-15(2)26-19/h7-8,11,14,17H,3-6,9-10,12H2,1-2H3,(H,26,27,28). The van der Waals surface area contributed by atoms with Crippen LogP contribution >= 0.6 is 0 Å². The molecule has 0 saturated heterocycles. The highest BCUT2D eigenvalue weighted by Gasteiger charge is 2.39. The zero-order valence-electron chi connectivity index (χ0n) is 17.3. The van der Waals surface area contributed by atoms with Crippen LogP contribution in [0.25, 0.3) is 0 Å². The fourth-order valence-electron chi connectivity index (χ4n) is 4.54. The number of alkyl halides is 1. The van der Waals surface area contributed by atoms with Gasteiger partial charge in [0.2, 0.25) is 6.36 Å². The van der Waals surface area contributed by atoms with E-state index in [1.54, 1.807) is 25.1 Å². The van der Waals surface area contributed by atoms with Gasteiger partial charge in [0.25, 0.3) is 5.56 Å². The third-order valence-electron chi connectivity index (χ3n) is 6.08. The lowest BCUT2D eigenvalue weighted by molar-refractivity contribution is 0.0784. The van der Waals surface area contributed by atoms with E-state index in [4.69, 9.17) is 9.47 Å². The van der Waals surface area contributed by atoms with Crippen LogP contribution in [0.1, 0.15) is 61.7 Å². The number of ether oxygens (including phenoxy) is 2. The molecule has 7 heteroatoms. The van der Waals surface area contributed by atoms with Crippen LogP contribution in [-0.2, 0) is 18.3 Å². The van der Waals surface area contributed by atoms with Gasteiger partial charge in [-0.2, -0.15) is 5.26 Å². The van der Waals surface area contributed by atoms with Crippen molar-refractivity contribution in [3.8, 4) is 17.6 Å². The molecule has 1 aromatic carbocycles. The van der Waals surface area contributed by atoms with Gasteiger partial charge in [0.05, 0.1) is 23.3 Å². The molecule has 2 unspecified atom stereocenters. The highest BCUT2D eigenvalue weighted by molar-refractivity contribution is 5.49. The number of aromatic amines is 1. The summed E-state index contributed by atoms with van der Waals surface area (Å²) in [6.45, 7) is 3.08. The number of H-pyrrole nitrogens is 1. The Labute approximate surface area is 175 Å². The number of nitriles is 1. The van der Waals surface area contributed by atoms with Gasteiger partial charge in [-0.15, -0.1) is 0 Å². The highest BCUT2D eigenvalue weighted by Crippen LogP contribution is 2.41. The molecule has 4 rings (SSSR count). The van der Waals surface area contributed by atoms with Crippen LogP contribution in [0.15, 0.2) is 23.0 Å². The molecule has 1 aromatic heterocycles. The van der Waals surface area contributed by atoms with Crippen molar-refractivity contribution in [2.45, 2.75) is 76.7 Å². The molecular weight excluding hydrogens is 385 g/mol. The maximum Gasteiger partial charge on any atom is 0.254 e. The van der Waals surface area contributed by atoms with Crippen molar-refractivity contribution in [2.75, 3.05) is 0 Å². The minimum atomic E-state index is -1.47. The first-order valence-electron chi connectivity index (χ1n) is 10.5. The van der Waals surface area contributed by atoms with Crippen molar-refractivity contribution in [1.82, 2.24) is 9.97 Å². The van der Waals surface area contributed by atoms with E-state index < -0.39 is 11.8 Å². The van der Waals surface area contributed by atoms with Gasteiger partial charge in [-0.3, -0.25) is 4.79 Å². The first kappa shape index (κ1) is 20.4. The van der Waals surface area contributed by atoms with Crippen LogP contribution in [0, 0.1) is 18.3 Å². The monoisotopic (exact) mass is 411 g/mol. The first-order valence-corrected chi connectivity index (χ1v) is 10.5. The van der Waals surface area contributed by atoms with Crippen LogP contribution in [-0.4, -0.2) is 22.4 Å². The Morgan fingerprint density at radius 1 is 1.33 bits per heavy atom. The highest BCUT2D eigenvalue weighted by atomic mass is 19.1. The fraction of sp³-hybridized carbons (Fsp3) is 0.522. The van der Waals surface area contributed by atoms with E-state index in [1.807, 2.05) is 0 Å². The summed E-state index contributed by atoms with van der Waals surface area (Å²) in [6, 6.07) is 7.69. The van der Waals surface area contributed by atoms with E-state index in [9.17, 15) is 14.4 Å². The maximum atomic E-state index is 13.5. The van der Waals surface area contributed by atoms with Crippen molar-refractivity contribution < 1.29 is 13.9 Å². The minimum absolute atomic E-state index is 0.0673. The second kappa shape index (κ2) is 8.10. The number of benzene rings is 1. The molecule has 0 bridgehead atoms. The Morgan fingerprint density at radius 2 is 2.10 bits per heavy atom. The zero-order valence-corrected chi connectivity index (χ0v) is 17.3. The number of aryl methyl sites for hydroxylation is 2. The topological polar surface area (TPSA) is 88.0 Å². The summed E-state index contributed by atoms with van der Waals surface area (Å²) >= 11 is 0. The van der Waals surface area contributed by atoms with Crippen LogP contribution in [0.4, 0.5) is 4.39 Å². The SMILES string of the molecule is Cc1nc2c(c(=O)[nH]1)CC(C#N)(c1ccc(OC(C)F)c(OC3CCCC3)c1)CC2. The molecule has 30 heavy (non-hydrogen) atoms. The van der Waals surface area contributed by atoms with Crippen LogP contribution in [0.5, 0.6) is 11.5 Å². The number of rotatable bonds is 5. The van der Waals surface area contributed by atoms with Crippen molar-refractivity contribution in [3.63, 3.8) is 0 Å². The molecule has 0 amide bonds. The lowest BCUT2D eigenvalue weighted by Gasteiger charge is -2.32. The molecule has 158 valence electrons. The molecule has 1 N–H and O–H groups in total. The quantitative estimate of drug-likeness (QED) is 0.802. The molecule has 0 aliphatic heterocycles. The van der Waals surface area contributed by atoms with Crippen LogP contribution in [0.2, 0.25) is 0 Å². The maximum absolute atomic E-state index is 13.5. The summed E-state index contributed by atoms with van der Waals surface area (Å²) in [6.07, 6.45) is 4.09. The molecule has 2 aliphatic carbocycles. The Balaban J connectivity index is 1.72. The van der Waals surface area contributed by atoms with Crippen LogP contribution in [0.3, 0.4) is 0 Å². The lowest BCUT2D eigenvalue weighted by Crippen LogP contribution is -2.36. The summed E-state index contributed by atoms with van der Waals surface area (Å²) in [5, 5.41) is 10.1. The summed E-state index contributed by atoms with van der Waals surface area (Å²) < 4.78 is 25.0. The average molecular weight is 411 g/mol. The Hall–Kier alpha value is -2.88. The third kappa shape index (κ3) is 3.91. The molecule has 2 aromatic rings. The molecule has 2 atom stereocenters. The number of halogens is 1. The number of nitrogens with one attached hydrogen (secondary N) is 1. The molecule has 0 radical (unpaired) electrons. The minimum Gasteiger partial charge on any atom is -0.487 e. The summed E-state index contributed by atoms with van der Waals surface area (Å²) in [5.74, 6) is 1.37. The normalized spacial score (nSPS) is 22.2. The second-order valence-corrected chi connectivity index (χ2v) is 8.29. The number of fused-ring (bicyclic) bond motifs is 1. The van der Waals surface area contributed by atoms with Gasteiger partial charge in [-0.05, 0) is 63.1 Å². The summed E-state index contributed by atoms with van der Waals surface area (Å²) in [5.41, 5.74) is 1.01. The average Bonchev–Trinajstić information content (AvgIpc) is 3.22. The Morgan fingerprint density at radius 3 is 2.80 bits per heavy atom. The van der Waals surface area contributed by atoms with Crippen molar-refractivity contribution in [1.29, 1.82) is 5.26 Å². The molecule has 0 spiro atoms. The summed E-state index contributed by atoms with van der Waals surface area (Å²) in [7, 11) is 0. The number of hydrogen-bond donors (Lipinski definition) is 1. The van der Waals surface area contributed by atoms with Gasteiger partial charge < -0.3 is 14.5 Å². The zero-order chi connectivity index (χ0) is 21.3. The van der Waals surface area contributed by atoms with Crippen molar-refractivity contribution in [2.24, 2.45) is 0 Å². The molecule has 1 saturated carbocycles. The van der Waals surface area contributed by atoms with Gasteiger partial charge in [-0.25, -0.2) is 9.37 Å². The second-order valence-electron chi connectivity index (χ2n) is 8.29. The fourth-order valence-corrected chi connectivity index (χ4v) is 4.54. The molecule has 2 aliphatic rings. The molecule has 1 fully saturated rings. The van der Waals surface area contributed by atoms with E-state index in [2.05, 4.69) is 16.0 Å². The molecule has 6 nitrogen and oxygen atoms in total. The van der Waals surface area contributed by atoms with E-state index >= 15 is 0 Å². The van der Waals surface area contributed by atoms with E-state index in [0.29, 0.717) is 35.7 Å². The number of aromatic nitrogens is 2. The molecular formula is C23H26FN3O3. The van der Waals surface area contributed by atoms with Crippen molar-refractivity contribution in [3.05, 3.63) is 51.2 Å². The Kier molecular flexibility index (Phi) is 5.50. The Bertz CT molecular complexity index is 1040. The van der Waals surface area contributed by atoms with Gasteiger partial charge in [0.1, 0.15) is 5.82 Å². The van der Waals surface area contributed by atoms with E-state index in [1.165, 1.54) is 6.92 Å². The predicted molar refractivity (Wildman–Crippen MR) is 109 cm³/mol. The van der Waals surface area contributed by atoms with E-state index in [-0.39, 0.29) is 18.1 Å². The van der Waals surface area contributed by atoms with Crippen molar-refractivity contribution >= 4 is 0 Å². The van der Waals surface area contributed by atoms with E-state index in [0.717, 1.165) is 36.9 Å². The predicted octanol–water partition coefficient (Wildman–Crippen LogP) is 4.04. The van der Waals surface area contributed by atoms with Gasteiger partial charge in [0.15, 0.2) is 11.5 Å². The third-order valence-corrected chi connectivity index (χ3v) is 6.08. The lowest BCUT2D eigenvalue weighted by atomic mass is 9.69. The number of nitrogens with zero attached hydrogens (tertiary/aromatic N) is 2. The molecule has 1 heterocycles. The van der Waals surface area contributed by atoms with Gasteiger partial charge >= 0.3 is 0 Å². The number of hydrogen-bond acceptors (Lipinski definition) is 5. The van der Waals surface area contributed by atoms with Crippen LogP contribution < -0.4 is 15.0 Å². The largest absolute Gasteiger partial charge is 0.487 e. The smallest absolute Gasteiger partial charge is 0.254 e. The van der Waals surface area contributed by atoms with Gasteiger partial charge in [-0.1, -0.05) is 6.07 Å². The first-order chi connectivity index (χ1) is 14.4. The van der Waals surface area contributed by atoms with Gasteiger partial charge in [0, 0.05) is 18.9 Å². The summed E-state index contributed by atoms with van der Waals surface area (Å²) in [4.78, 5) is 19.7.